The van der Waals surface area contributed by atoms with Crippen LogP contribution in [0, 0.1) is 91.3 Å². The highest BCUT2D eigenvalue weighted by atomic mass is 14.9. The van der Waals surface area contributed by atoms with E-state index < -0.39 is 43.7 Å². The van der Waals surface area contributed by atoms with E-state index in [1.165, 1.54) is 83.8 Å². The molecule has 103 heavy (non-hydrogen) atoms. The fourth-order valence-corrected chi connectivity index (χ4v) is 13.3. The van der Waals surface area contributed by atoms with Crippen LogP contribution in [-0.4, -0.2) is 0 Å². The molecule has 0 bridgehead atoms. The summed E-state index contributed by atoms with van der Waals surface area (Å²) in [4.78, 5) is 0. The van der Waals surface area contributed by atoms with Gasteiger partial charge in [0.05, 0.1) is 0 Å². The minimum absolute atomic E-state index is 0.259. The zero-order valence-corrected chi connectivity index (χ0v) is 69.0. The van der Waals surface area contributed by atoms with Crippen molar-refractivity contribution in [2.75, 3.05) is 0 Å². The fourth-order valence-electron chi connectivity index (χ4n) is 13.3. The first-order valence-corrected chi connectivity index (χ1v) is 37.0. The molecule has 0 aliphatic heterocycles. The van der Waals surface area contributed by atoms with E-state index in [4.69, 9.17) is 16.4 Å². The van der Waals surface area contributed by atoms with Crippen LogP contribution in [0.5, 0.6) is 0 Å². The topological polar surface area (TPSA) is 19.4 Å². The first-order chi connectivity index (χ1) is 52.5. The highest BCUT2D eigenvalue weighted by Crippen LogP contribution is 2.34. The van der Waals surface area contributed by atoms with E-state index in [2.05, 4.69) is 235 Å². The summed E-state index contributed by atoms with van der Waals surface area (Å²) < 4.78 is 107. The largest absolute Gasteiger partial charge is 0.212 e. The van der Waals surface area contributed by atoms with Crippen molar-refractivity contribution >= 4 is 0 Å². The van der Waals surface area contributed by atoms with E-state index in [-0.39, 0.29) is 16.9 Å². The van der Waals surface area contributed by atoms with Gasteiger partial charge in [-0.1, -0.05) is 207 Å². The number of pyridine rings is 5. The Labute approximate surface area is 645 Å². The maximum atomic E-state index is 8.82. The van der Waals surface area contributed by atoms with Crippen molar-refractivity contribution < 1.29 is 39.3 Å². The van der Waals surface area contributed by atoms with Crippen LogP contribution in [-0.2, 0) is 60.8 Å². The Morgan fingerprint density at radius 1 is 0.340 bits per heavy atom. The summed E-state index contributed by atoms with van der Waals surface area (Å²) in [6.45, 7) is 47.4. The maximum Gasteiger partial charge on any atom is 0.212 e. The quantitative estimate of drug-likeness (QED) is 0.103. The summed E-state index contributed by atoms with van der Waals surface area (Å²) in [5, 5.41) is 0. The molecule has 0 aliphatic rings. The Bertz CT molecular complexity index is 5000. The molecule has 10 aromatic rings. The molecule has 0 N–H and O–H groups in total. The van der Waals surface area contributed by atoms with E-state index in [0.717, 1.165) is 51.9 Å². The number of aryl methyl sites for hydroxylation is 15. The van der Waals surface area contributed by atoms with Crippen LogP contribution in [0.2, 0.25) is 0 Å². The van der Waals surface area contributed by atoms with Crippen LogP contribution in [0.25, 0.3) is 56.3 Å². The van der Waals surface area contributed by atoms with E-state index >= 15 is 0 Å². The molecule has 0 spiro atoms. The van der Waals surface area contributed by atoms with Crippen molar-refractivity contribution in [2.24, 2.45) is 57.4 Å². The lowest BCUT2D eigenvalue weighted by Crippen LogP contribution is -2.33. The molecular formula is C98H136N5+5. The van der Waals surface area contributed by atoms with Gasteiger partial charge in [0.15, 0.2) is 31.0 Å². The predicted molar refractivity (Wildman–Crippen MR) is 443 cm³/mol. The first kappa shape index (κ1) is 66.8. The molecule has 0 aliphatic carbocycles. The average molecular weight is 1400 g/mol. The summed E-state index contributed by atoms with van der Waals surface area (Å²) in [5.41, 5.74) is 28.2. The monoisotopic (exact) mass is 1400 g/mol. The van der Waals surface area contributed by atoms with Gasteiger partial charge in [0, 0.05) is 102 Å². The van der Waals surface area contributed by atoms with Gasteiger partial charge in [-0.2, -0.15) is 0 Å². The number of rotatable bonds is 13. The van der Waals surface area contributed by atoms with Crippen molar-refractivity contribution in [2.45, 2.75) is 230 Å². The number of hydrogen-bond acceptors (Lipinski definition) is 0. The van der Waals surface area contributed by atoms with Gasteiger partial charge in [0.1, 0.15) is 35.2 Å². The second kappa shape index (κ2) is 36.0. The fraction of sp³-hybridized carbons (Fsp3) is 0.439. The van der Waals surface area contributed by atoms with Crippen molar-refractivity contribution in [1.29, 1.82) is 0 Å². The normalized spacial score (nSPS) is 14.1. The number of hydrogen-bond donors (Lipinski definition) is 0. The lowest BCUT2D eigenvalue weighted by atomic mass is 9.81. The van der Waals surface area contributed by atoms with Gasteiger partial charge < -0.3 is 0 Å². The van der Waals surface area contributed by atoms with Gasteiger partial charge >= 0.3 is 0 Å². The molecule has 5 heteroatoms. The zero-order chi connectivity index (χ0) is 87.3. The molecule has 5 aromatic carbocycles. The standard InChI is InChI=1S/C24H36N.C23H34N.3C17H22N/c1-17-10-11-21(18(2)12-17)22-13-19(14-23(3,4)5)20(16-25(22)9)15-24(6,7)8;1-16(2)11-19-13-22(21-10-9-17(3)12-18(21)4)24(8)15-20(19)14-23(5,6)7;2*1-12(2)15-7-9-17(18(5)11-15)16-8-6-13(3)10-14(16)4;1-12(2)16-11-18(5)17(10-14(16)4)15-9-7-6-8-13(15)3/h10-13,16H,14-15H2,1-9H3;9-10,12-13,15-16H,11,14H2,1-8H3;3*6-12H,1-5H3/q5*+1/i;3D3,11D2,14D2;3D3,12D;;12D. The van der Waals surface area contributed by atoms with E-state index in [9.17, 15) is 0 Å². The van der Waals surface area contributed by atoms with E-state index in [0.29, 0.717) is 33.7 Å². The molecule has 0 radical (unpaired) electrons. The third-order valence-electron chi connectivity index (χ3n) is 18.4. The average Bonchev–Trinajstić information content (AvgIpc) is 0.742. The third kappa shape index (κ3) is 24.5. The molecular weight excluding hydrogens is 1250 g/mol. The Morgan fingerprint density at radius 3 is 1.13 bits per heavy atom. The van der Waals surface area contributed by atoms with Gasteiger partial charge in [-0.25, -0.2) is 22.8 Å². The molecule has 5 heterocycles. The predicted octanol–water partition coefficient (Wildman–Crippen LogP) is 23.3. The lowest BCUT2D eigenvalue weighted by Gasteiger charge is -2.24. The van der Waals surface area contributed by atoms with Gasteiger partial charge in [-0.05, 0) is 222 Å². The minimum Gasteiger partial charge on any atom is -0.201 e. The van der Waals surface area contributed by atoms with Crippen LogP contribution in [0.1, 0.15) is 246 Å². The van der Waals surface area contributed by atoms with Gasteiger partial charge in [0.2, 0.25) is 28.5 Å². The highest BCUT2D eigenvalue weighted by Gasteiger charge is 2.26. The third-order valence-corrected chi connectivity index (χ3v) is 18.4. The van der Waals surface area contributed by atoms with Gasteiger partial charge in [0.25, 0.3) is 0 Å². The van der Waals surface area contributed by atoms with Crippen molar-refractivity contribution in [3.05, 3.63) is 265 Å². The molecule has 0 fully saturated rings. The Balaban J connectivity index is 0.000000227. The molecule has 5 nitrogen and oxygen atoms in total. The summed E-state index contributed by atoms with van der Waals surface area (Å²) >= 11 is 0. The molecule has 0 amide bonds. The van der Waals surface area contributed by atoms with Crippen LogP contribution >= 0.6 is 0 Å². The van der Waals surface area contributed by atoms with Crippen LogP contribution < -0.4 is 22.8 Å². The molecule has 5 aromatic heterocycles. The molecule has 0 saturated heterocycles. The van der Waals surface area contributed by atoms with E-state index in [1.54, 1.807) is 61.0 Å². The SMILES string of the molecule is Cc1ccc(-c2cc(CC(C)(C)C)c(CC(C)(C)C)c[n+]2C)c(C)c1.Cc1ccc(-c2ccc(C(C)C)c[n+]2C)c(C)c1.[2H]C(C)(C)c1c[n+](C)c(-c2ccccc2C)cc1C.[2H]C([2H])([2H])c1ccc(-c2cc(C([2H])([2H])C(C)C)c(C([2H])([2H])C(C)(C)C)c[n+]2C)c(C)c1.[2H]C([2H])([2H])c1ccc(-c2ccc(C([2H])(C)C)c[n+]2C)c(C)c1. The van der Waals surface area contributed by atoms with Crippen molar-refractivity contribution in [3.63, 3.8) is 0 Å². The zero-order valence-electron chi connectivity index (χ0n) is 81.0. The highest BCUT2D eigenvalue weighted by molar-refractivity contribution is 5.66. The summed E-state index contributed by atoms with van der Waals surface area (Å²) in [6.07, 6.45) is 9.04. The van der Waals surface area contributed by atoms with Crippen molar-refractivity contribution in [3.8, 4) is 56.3 Å². The van der Waals surface area contributed by atoms with Crippen LogP contribution in [0.15, 0.2) is 171 Å². The second-order valence-electron chi connectivity index (χ2n) is 33.5. The summed E-state index contributed by atoms with van der Waals surface area (Å²) in [7, 11) is 10.1. The number of nitrogens with zero attached hydrogens (tertiary/aromatic N) is 5. The maximum absolute atomic E-state index is 8.82. The second-order valence-corrected chi connectivity index (χ2v) is 33.5. The number of aromatic nitrogens is 5. The van der Waals surface area contributed by atoms with Gasteiger partial charge in [-0.15, -0.1) is 0 Å². The van der Waals surface area contributed by atoms with Gasteiger partial charge in [-0.3, -0.25) is 0 Å². The smallest absolute Gasteiger partial charge is 0.201 e. The number of benzene rings is 5. The van der Waals surface area contributed by atoms with Crippen LogP contribution in [0.4, 0.5) is 0 Å². The molecule has 0 atom stereocenters. The minimum atomic E-state index is -2.20. The summed E-state index contributed by atoms with van der Waals surface area (Å²) in [6, 6.07) is 46.8. The van der Waals surface area contributed by atoms with Crippen molar-refractivity contribution in [1.82, 2.24) is 0 Å². The summed E-state index contributed by atoms with van der Waals surface area (Å²) in [5.74, 6) is -0.992. The molecule has 10 rings (SSSR count). The Hall–Kier alpha value is -8.15. The van der Waals surface area contributed by atoms with Crippen LogP contribution in [0.3, 0.4) is 0 Å². The first-order valence-electron chi connectivity index (χ1n) is 43.0. The molecule has 0 unspecified atom stereocenters. The molecule has 548 valence electrons. The lowest BCUT2D eigenvalue weighted by molar-refractivity contribution is -0.661. The molecule has 0 saturated carbocycles. The van der Waals surface area contributed by atoms with E-state index in [1.807, 2.05) is 105 Å². The Kier molecular flexibility index (Phi) is 23.4. The Morgan fingerprint density at radius 2 is 0.718 bits per heavy atom.